The number of hydrogen-bond acceptors (Lipinski definition) is 2. The van der Waals surface area contributed by atoms with E-state index in [1.807, 2.05) is 34.6 Å². The molecule has 5 nitrogen and oxygen atoms in total. The molecule has 3 N–H and O–H groups in total. The lowest BCUT2D eigenvalue weighted by atomic mass is 10.0. The number of carboxylic acids is 1. The van der Waals surface area contributed by atoms with Gasteiger partial charge in [0.1, 0.15) is 6.04 Å². The Labute approximate surface area is 103 Å². The fourth-order valence-corrected chi connectivity index (χ4v) is 1.27. The molecule has 0 rings (SSSR count). The van der Waals surface area contributed by atoms with E-state index in [9.17, 15) is 9.59 Å². The molecule has 0 aromatic rings. The summed E-state index contributed by atoms with van der Waals surface area (Å²) in [5.41, 5.74) is 0. The highest BCUT2D eigenvalue weighted by molar-refractivity contribution is 5.82. The molecule has 0 aromatic carbocycles. The van der Waals surface area contributed by atoms with Crippen molar-refractivity contribution >= 4 is 12.0 Å². The van der Waals surface area contributed by atoms with Crippen molar-refractivity contribution in [3.63, 3.8) is 0 Å². The molecule has 2 unspecified atom stereocenters. The van der Waals surface area contributed by atoms with Crippen LogP contribution in [0.3, 0.4) is 0 Å². The molecule has 2 atom stereocenters. The van der Waals surface area contributed by atoms with Gasteiger partial charge in [-0.3, -0.25) is 0 Å². The van der Waals surface area contributed by atoms with E-state index < -0.39 is 18.0 Å². The summed E-state index contributed by atoms with van der Waals surface area (Å²) >= 11 is 0. The molecular weight excluding hydrogens is 220 g/mol. The molecule has 0 aliphatic heterocycles. The minimum Gasteiger partial charge on any atom is -0.480 e. The fraction of sp³-hybridized carbons (Fsp3) is 0.833. The first-order valence-corrected chi connectivity index (χ1v) is 6.03. The number of nitrogens with one attached hydrogen (secondary N) is 2. The summed E-state index contributed by atoms with van der Waals surface area (Å²) in [6.07, 6.45) is 0.429. The predicted molar refractivity (Wildman–Crippen MR) is 66.8 cm³/mol. The van der Waals surface area contributed by atoms with E-state index >= 15 is 0 Å². The lowest BCUT2D eigenvalue weighted by molar-refractivity contribution is -0.139. The summed E-state index contributed by atoms with van der Waals surface area (Å²) in [7, 11) is 0. The first kappa shape index (κ1) is 15.7. The molecule has 100 valence electrons. The normalized spacial score (nSPS) is 14.5. The van der Waals surface area contributed by atoms with Gasteiger partial charge in [0.2, 0.25) is 0 Å². The summed E-state index contributed by atoms with van der Waals surface area (Å²) in [6.45, 7) is 9.72. The molecule has 0 aromatic heterocycles. The highest BCUT2D eigenvalue weighted by atomic mass is 16.4. The van der Waals surface area contributed by atoms with Gasteiger partial charge < -0.3 is 15.7 Å². The van der Waals surface area contributed by atoms with Crippen LogP contribution in [0.15, 0.2) is 0 Å². The van der Waals surface area contributed by atoms with Gasteiger partial charge in [0.05, 0.1) is 0 Å². The summed E-state index contributed by atoms with van der Waals surface area (Å²) in [5.74, 6) is -0.459. The van der Waals surface area contributed by atoms with Crippen LogP contribution in [0.4, 0.5) is 4.79 Å². The van der Waals surface area contributed by atoms with Gasteiger partial charge in [-0.25, -0.2) is 9.59 Å². The second kappa shape index (κ2) is 7.14. The zero-order valence-corrected chi connectivity index (χ0v) is 11.3. The van der Waals surface area contributed by atoms with Crippen molar-refractivity contribution in [2.45, 2.75) is 53.1 Å². The maximum absolute atomic E-state index is 11.6. The van der Waals surface area contributed by atoms with Gasteiger partial charge in [-0.1, -0.05) is 27.7 Å². The van der Waals surface area contributed by atoms with E-state index in [0.717, 1.165) is 0 Å². The van der Waals surface area contributed by atoms with Gasteiger partial charge in [-0.15, -0.1) is 0 Å². The quantitative estimate of drug-likeness (QED) is 0.667. The second-order valence-electron chi connectivity index (χ2n) is 5.17. The van der Waals surface area contributed by atoms with Crippen molar-refractivity contribution in [3.8, 4) is 0 Å². The van der Waals surface area contributed by atoms with Gasteiger partial charge in [0.15, 0.2) is 0 Å². The van der Waals surface area contributed by atoms with E-state index in [1.54, 1.807) is 0 Å². The Kier molecular flexibility index (Phi) is 6.61. The van der Waals surface area contributed by atoms with Gasteiger partial charge in [-0.05, 0) is 25.2 Å². The number of carboxylic acid groups (broad SMARTS) is 1. The maximum Gasteiger partial charge on any atom is 0.326 e. The average molecular weight is 244 g/mol. The van der Waals surface area contributed by atoms with Crippen LogP contribution in [-0.2, 0) is 4.79 Å². The summed E-state index contributed by atoms with van der Waals surface area (Å²) < 4.78 is 0. The van der Waals surface area contributed by atoms with Crippen LogP contribution in [0.25, 0.3) is 0 Å². The van der Waals surface area contributed by atoms with E-state index in [-0.39, 0.29) is 12.0 Å². The minimum absolute atomic E-state index is 0.0171. The molecule has 0 bridgehead atoms. The molecule has 0 radical (unpaired) electrons. The average Bonchev–Trinajstić information content (AvgIpc) is 2.15. The SMILES string of the molecule is CC(C)CC(NC(=O)NC(C)C(C)C)C(=O)O. The van der Waals surface area contributed by atoms with Gasteiger partial charge >= 0.3 is 12.0 Å². The van der Waals surface area contributed by atoms with Crippen LogP contribution in [0.5, 0.6) is 0 Å². The Morgan fingerprint density at radius 3 is 1.94 bits per heavy atom. The van der Waals surface area contributed by atoms with Crippen LogP contribution in [0.2, 0.25) is 0 Å². The molecule has 0 fully saturated rings. The number of rotatable bonds is 6. The molecular formula is C12H24N2O3. The van der Waals surface area contributed by atoms with Crippen LogP contribution in [0, 0.1) is 11.8 Å². The zero-order chi connectivity index (χ0) is 13.6. The Bertz CT molecular complexity index is 264. The maximum atomic E-state index is 11.6. The second-order valence-corrected chi connectivity index (χ2v) is 5.17. The molecule has 5 heteroatoms. The number of amides is 2. The van der Waals surface area contributed by atoms with Crippen LogP contribution in [-0.4, -0.2) is 29.2 Å². The van der Waals surface area contributed by atoms with Crippen molar-refractivity contribution in [1.82, 2.24) is 10.6 Å². The Morgan fingerprint density at radius 2 is 1.59 bits per heavy atom. The number of carbonyl (C=O) groups is 2. The highest BCUT2D eigenvalue weighted by Crippen LogP contribution is 2.05. The Balaban J connectivity index is 4.26. The van der Waals surface area contributed by atoms with Gasteiger partial charge in [0.25, 0.3) is 0 Å². The molecule has 0 heterocycles. The Morgan fingerprint density at radius 1 is 1.06 bits per heavy atom. The third kappa shape index (κ3) is 6.81. The topological polar surface area (TPSA) is 78.4 Å². The molecule has 0 spiro atoms. The fourth-order valence-electron chi connectivity index (χ4n) is 1.27. The summed E-state index contributed by atoms with van der Waals surface area (Å²) in [4.78, 5) is 22.5. The molecule has 0 aliphatic rings. The van der Waals surface area contributed by atoms with E-state index in [4.69, 9.17) is 5.11 Å². The molecule has 0 saturated heterocycles. The van der Waals surface area contributed by atoms with Crippen molar-refractivity contribution in [3.05, 3.63) is 0 Å². The van der Waals surface area contributed by atoms with Crippen molar-refractivity contribution in [2.75, 3.05) is 0 Å². The standard InChI is InChI=1S/C12H24N2O3/c1-7(2)6-10(11(15)16)14-12(17)13-9(5)8(3)4/h7-10H,6H2,1-5H3,(H,15,16)(H2,13,14,17). The third-order valence-corrected chi connectivity index (χ3v) is 2.67. The number of carbonyl (C=O) groups excluding carboxylic acids is 1. The van der Waals surface area contributed by atoms with Crippen LogP contribution in [0.1, 0.15) is 41.0 Å². The smallest absolute Gasteiger partial charge is 0.326 e. The molecule has 0 aliphatic carbocycles. The van der Waals surface area contributed by atoms with Crippen molar-refractivity contribution in [2.24, 2.45) is 11.8 Å². The van der Waals surface area contributed by atoms with Crippen molar-refractivity contribution in [1.29, 1.82) is 0 Å². The summed E-state index contributed by atoms with van der Waals surface area (Å²) in [6, 6.07) is -1.22. The predicted octanol–water partition coefficient (Wildman–Crippen LogP) is 1.83. The van der Waals surface area contributed by atoms with Crippen molar-refractivity contribution < 1.29 is 14.7 Å². The molecule has 2 amide bonds. The summed E-state index contributed by atoms with van der Waals surface area (Å²) in [5, 5.41) is 14.2. The lowest BCUT2D eigenvalue weighted by Gasteiger charge is -2.21. The van der Waals surface area contributed by atoms with E-state index in [0.29, 0.717) is 12.3 Å². The largest absolute Gasteiger partial charge is 0.480 e. The van der Waals surface area contributed by atoms with Crippen LogP contribution >= 0.6 is 0 Å². The van der Waals surface area contributed by atoms with E-state index in [2.05, 4.69) is 10.6 Å². The van der Waals surface area contributed by atoms with Gasteiger partial charge in [0, 0.05) is 6.04 Å². The third-order valence-electron chi connectivity index (χ3n) is 2.67. The number of urea groups is 1. The minimum atomic E-state index is -0.994. The van der Waals surface area contributed by atoms with E-state index in [1.165, 1.54) is 0 Å². The first-order valence-electron chi connectivity index (χ1n) is 6.03. The molecule has 0 saturated carbocycles. The van der Waals surface area contributed by atoms with Crippen LogP contribution < -0.4 is 10.6 Å². The highest BCUT2D eigenvalue weighted by Gasteiger charge is 2.21. The lowest BCUT2D eigenvalue weighted by Crippen LogP contribution is -2.49. The monoisotopic (exact) mass is 244 g/mol. The zero-order valence-electron chi connectivity index (χ0n) is 11.3. The Hall–Kier alpha value is -1.26. The van der Waals surface area contributed by atoms with Gasteiger partial charge in [-0.2, -0.15) is 0 Å². The number of aliphatic carboxylic acids is 1. The first-order chi connectivity index (χ1) is 7.73. The molecule has 17 heavy (non-hydrogen) atoms. The number of hydrogen-bond donors (Lipinski definition) is 3.